The number of nitrogens with two attached hydrogens (primary N) is 1. The summed E-state index contributed by atoms with van der Waals surface area (Å²) < 4.78 is 14.5. The summed E-state index contributed by atoms with van der Waals surface area (Å²) in [5.74, 6) is 0.0903. The van der Waals surface area contributed by atoms with Crippen LogP contribution in [0, 0.1) is 5.92 Å². The molecule has 2 N–H and O–H groups in total. The van der Waals surface area contributed by atoms with Crippen LogP contribution in [-0.2, 0) is 6.42 Å². The second kappa shape index (κ2) is 4.52. The van der Waals surface area contributed by atoms with Crippen LogP contribution >= 0.6 is 23.2 Å². The molecule has 0 heterocycles. The monoisotopic (exact) mass is 261 g/mol. The van der Waals surface area contributed by atoms with E-state index >= 15 is 0 Å². The third-order valence-electron chi connectivity index (χ3n) is 3.16. The Morgan fingerprint density at radius 2 is 2.06 bits per heavy atom. The van der Waals surface area contributed by atoms with Crippen molar-refractivity contribution < 1.29 is 4.39 Å². The van der Waals surface area contributed by atoms with E-state index in [1.54, 1.807) is 18.2 Å². The third kappa shape index (κ3) is 2.34. The lowest BCUT2D eigenvalue weighted by Crippen LogP contribution is -2.37. The molecular weight excluding hydrogens is 248 g/mol. The minimum atomic E-state index is -1.33. The summed E-state index contributed by atoms with van der Waals surface area (Å²) in [6, 6.07) is 5.29. The minimum absolute atomic E-state index is 0.0422. The molecule has 16 heavy (non-hydrogen) atoms. The second-order valence-corrected chi connectivity index (χ2v) is 5.19. The van der Waals surface area contributed by atoms with Gasteiger partial charge in [0.2, 0.25) is 0 Å². The molecule has 0 radical (unpaired) electrons. The van der Waals surface area contributed by atoms with E-state index in [0.717, 1.165) is 18.4 Å². The van der Waals surface area contributed by atoms with Gasteiger partial charge in [0.05, 0.1) is 10.0 Å². The summed E-state index contributed by atoms with van der Waals surface area (Å²) >= 11 is 11.9. The fraction of sp³-hybridized carbons (Fsp3) is 0.500. The van der Waals surface area contributed by atoms with E-state index < -0.39 is 5.67 Å². The molecular formula is C12H14Cl2FN. The molecule has 1 aromatic rings. The molecule has 0 amide bonds. The number of hydrogen-bond donors (Lipinski definition) is 1. The van der Waals surface area contributed by atoms with Crippen LogP contribution in [-0.4, -0.2) is 12.2 Å². The van der Waals surface area contributed by atoms with E-state index in [9.17, 15) is 4.39 Å². The first-order chi connectivity index (χ1) is 7.57. The summed E-state index contributed by atoms with van der Waals surface area (Å²) in [5, 5.41) is 0.912. The highest BCUT2D eigenvalue weighted by Gasteiger charge is 2.45. The first-order valence-electron chi connectivity index (χ1n) is 5.39. The van der Waals surface area contributed by atoms with Crippen LogP contribution in [0.5, 0.6) is 0 Å². The molecule has 0 bridgehead atoms. The zero-order chi connectivity index (χ0) is 11.8. The van der Waals surface area contributed by atoms with Crippen LogP contribution in [0.25, 0.3) is 0 Å². The molecule has 1 aromatic carbocycles. The summed E-state index contributed by atoms with van der Waals surface area (Å²) in [7, 11) is 0. The summed E-state index contributed by atoms with van der Waals surface area (Å²) in [5.41, 5.74) is 4.95. The van der Waals surface area contributed by atoms with E-state index in [2.05, 4.69) is 0 Å². The van der Waals surface area contributed by atoms with Gasteiger partial charge in [-0.15, -0.1) is 0 Å². The topological polar surface area (TPSA) is 26.0 Å². The van der Waals surface area contributed by atoms with Gasteiger partial charge in [-0.2, -0.15) is 0 Å². The standard InChI is InChI=1S/C12H14Cl2FN/c13-10-3-1-2-8(11(10)14)6-12(15,7-16)9-4-5-9/h1-3,9H,4-7,16H2. The Bertz CT molecular complexity index is 393. The lowest BCUT2D eigenvalue weighted by molar-refractivity contribution is 0.142. The van der Waals surface area contributed by atoms with E-state index in [1.165, 1.54) is 0 Å². The summed E-state index contributed by atoms with van der Waals surface area (Å²) in [4.78, 5) is 0. The van der Waals surface area contributed by atoms with Crippen molar-refractivity contribution in [2.75, 3.05) is 6.54 Å². The first-order valence-corrected chi connectivity index (χ1v) is 6.14. The van der Waals surface area contributed by atoms with Gasteiger partial charge in [-0.25, -0.2) is 4.39 Å². The normalized spacial score (nSPS) is 19.5. The predicted molar refractivity (Wildman–Crippen MR) is 65.8 cm³/mol. The largest absolute Gasteiger partial charge is 0.328 e. The van der Waals surface area contributed by atoms with Gasteiger partial charge in [0, 0.05) is 13.0 Å². The number of alkyl halides is 1. The smallest absolute Gasteiger partial charge is 0.130 e. The van der Waals surface area contributed by atoms with Crippen molar-refractivity contribution in [2.24, 2.45) is 11.7 Å². The van der Waals surface area contributed by atoms with Gasteiger partial charge in [-0.1, -0.05) is 35.3 Å². The molecule has 2 rings (SSSR count). The Hall–Kier alpha value is -0.310. The van der Waals surface area contributed by atoms with Gasteiger partial charge in [0.25, 0.3) is 0 Å². The molecule has 1 unspecified atom stereocenters. The molecule has 0 aliphatic heterocycles. The molecule has 0 spiro atoms. The SMILES string of the molecule is NCC(F)(Cc1cccc(Cl)c1Cl)C1CC1. The highest BCUT2D eigenvalue weighted by atomic mass is 35.5. The van der Waals surface area contributed by atoms with Crippen molar-refractivity contribution >= 4 is 23.2 Å². The van der Waals surface area contributed by atoms with Crippen LogP contribution in [0.1, 0.15) is 18.4 Å². The zero-order valence-electron chi connectivity index (χ0n) is 8.85. The maximum Gasteiger partial charge on any atom is 0.130 e. The highest BCUT2D eigenvalue weighted by molar-refractivity contribution is 6.42. The van der Waals surface area contributed by atoms with Crippen molar-refractivity contribution in [1.82, 2.24) is 0 Å². The Labute approximate surface area is 105 Å². The van der Waals surface area contributed by atoms with Crippen LogP contribution in [0.3, 0.4) is 0 Å². The molecule has 0 saturated heterocycles. The Morgan fingerprint density at radius 1 is 1.38 bits per heavy atom. The first kappa shape index (κ1) is 12.2. The van der Waals surface area contributed by atoms with E-state index in [-0.39, 0.29) is 18.9 Å². The fourth-order valence-electron chi connectivity index (χ4n) is 1.99. The summed E-state index contributed by atoms with van der Waals surface area (Å²) in [6.07, 6.45) is 2.10. The summed E-state index contributed by atoms with van der Waals surface area (Å²) in [6.45, 7) is 0.0422. The highest BCUT2D eigenvalue weighted by Crippen LogP contribution is 2.44. The lowest BCUT2D eigenvalue weighted by atomic mass is 9.91. The van der Waals surface area contributed by atoms with Crippen molar-refractivity contribution in [3.8, 4) is 0 Å². The molecule has 4 heteroatoms. The molecule has 0 aromatic heterocycles. The van der Waals surface area contributed by atoms with E-state index in [4.69, 9.17) is 28.9 Å². The van der Waals surface area contributed by atoms with E-state index in [1.807, 2.05) is 0 Å². The molecule has 1 fully saturated rings. The quantitative estimate of drug-likeness (QED) is 0.881. The molecule has 1 aliphatic rings. The van der Waals surface area contributed by atoms with Crippen LogP contribution < -0.4 is 5.73 Å². The van der Waals surface area contributed by atoms with Crippen molar-refractivity contribution in [2.45, 2.75) is 24.9 Å². The van der Waals surface area contributed by atoms with Gasteiger partial charge < -0.3 is 5.73 Å². The maximum absolute atomic E-state index is 14.5. The van der Waals surface area contributed by atoms with Gasteiger partial charge in [0.1, 0.15) is 5.67 Å². The number of halogens is 3. The van der Waals surface area contributed by atoms with Crippen molar-refractivity contribution in [3.05, 3.63) is 33.8 Å². The number of benzene rings is 1. The van der Waals surface area contributed by atoms with Crippen LogP contribution in [0.4, 0.5) is 4.39 Å². The van der Waals surface area contributed by atoms with Crippen molar-refractivity contribution in [3.63, 3.8) is 0 Å². The van der Waals surface area contributed by atoms with Gasteiger partial charge in [0.15, 0.2) is 0 Å². The second-order valence-electron chi connectivity index (χ2n) is 4.40. The lowest BCUT2D eigenvalue weighted by Gasteiger charge is -2.24. The fourth-order valence-corrected chi connectivity index (χ4v) is 2.37. The number of hydrogen-bond acceptors (Lipinski definition) is 1. The van der Waals surface area contributed by atoms with Gasteiger partial charge in [-0.3, -0.25) is 0 Å². The Balaban J connectivity index is 2.22. The molecule has 88 valence electrons. The van der Waals surface area contributed by atoms with Crippen LogP contribution in [0.2, 0.25) is 10.0 Å². The number of rotatable bonds is 4. The Kier molecular flexibility index (Phi) is 3.43. The average molecular weight is 262 g/mol. The predicted octanol–water partition coefficient (Wildman–Crippen LogP) is 3.61. The molecule has 1 saturated carbocycles. The third-order valence-corrected chi connectivity index (χ3v) is 4.02. The zero-order valence-corrected chi connectivity index (χ0v) is 10.4. The molecule has 1 aliphatic carbocycles. The van der Waals surface area contributed by atoms with Gasteiger partial charge >= 0.3 is 0 Å². The van der Waals surface area contributed by atoms with Crippen molar-refractivity contribution in [1.29, 1.82) is 0 Å². The van der Waals surface area contributed by atoms with Crippen LogP contribution in [0.15, 0.2) is 18.2 Å². The maximum atomic E-state index is 14.5. The average Bonchev–Trinajstić information content (AvgIpc) is 3.08. The molecule has 1 nitrogen and oxygen atoms in total. The van der Waals surface area contributed by atoms with E-state index in [0.29, 0.717) is 10.0 Å². The van der Waals surface area contributed by atoms with Gasteiger partial charge in [-0.05, 0) is 30.4 Å². The minimum Gasteiger partial charge on any atom is -0.328 e. The molecule has 1 atom stereocenters. The Morgan fingerprint density at radius 3 is 2.62 bits per heavy atom.